The molecule has 11 heavy (non-hydrogen) atoms. The van der Waals surface area contributed by atoms with Crippen molar-refractivity contribution in [3.8, 4) is 0 Å². The average molecular weight is 220 g/mol. The molecule has 1 heterocycles. The quantitative estimate of drug-likeness (QED) is 0.658. The summed E-state index contributed by atoms with van der Waals surface area (Å²) in [5, 5.41) is 1.15. The third-order valence-corrected chi connectivity index (χ3v) is 3.12. The molecule has 1 saturated heterocycles. The van der Waals surface area contributed by atoms with E-state index in [1.807, 2.05) is 0 Å². The minimum absolute atomic E-state index is 0.991. The fourth-order valence-electron chi connectivity index (χ4n) is 1.73. The van der Waals surface area contributed by atoms with Gasteiger partial charge in [-0.05, 0) is 31.8 Å². The average Bonchev–Trinajstić information content (AvgIpc) is 2.48. The van der Waals surface area contributed by atoms with E-state index in [9.17, 15) is 0 Å². The molecule has 1 fully saturated rings. The Morgan fingerprint density at radius 1 is 1.55 bits per heavy atom. The molecular formula is C9H18BrN. The first-order valence-electron chi connectivity index (χ1n) is 4.65. The Hall–Kier alpha value is 0.440. The molecule has 1 aliphatic rings. The second kappa shape index (κ2) is 5.15. The van der Waals surface area contributed by atoms with E-state index >= 15 is 0 Å². The highest BCUT2D eigenvalue weighted by Gasteiger charge is 2.19. The molecule has 0 spiro atoms. The molecule has 1 unspecified atom stereocenters. The molecule has 0 saturated carbocycles. The highest BCUT2D eigenvalue weighted by molar-refractivity contribution is 9.09. The third-order valence-electron chi connectivity index (χ3n) is 2.56. The number of likely N-dealkylation sites (tertiary alicyclic amines) is 1. The highest BCUT2D eigenvalue weighted by Crippen LogP contribution is 2.18. The normalized spacial score (nSPS) is 26.2. The van der Waals surface area contributed by atoms with Crippen LogP contribution in [-0.4, -0.2) is 29.9 Å². The van der Waals surface area contributed by atoms with Crippen molar-refractivity contribution < 1.29 is 0 Å². The molecule has 0 bridgehead atoms. The van der Waals surface area contributed by atoms with E-state index in [0.29, 0.717) is 0 Å². The molecule has 1 nitrogen and oxygen atoms in total. The maximum atomic E-state index is 3.46. The van der Waals surface area contributed by atoms with Crippen molar-refractivity contribution in [3.63, 3.8) is 0 Å². The Morgan fingerprint density at radius 2 is 2.36 bits per heavy atom. The second-order valence-corrected chi connectivity index (χ2v) is 4.20. The van der Waals surface area contributed by atoms with Gasteiger partial charge in [0.25, 0.3) is 0 Å². The molecule has 1 rings (SSSR count). The van der Waals surface area contributed by atoms with Gasteiger partial charge in [0.2, 0.25) is 0 Å². The number of halogens is 1. The minimum Gasteiger partial charge on any atom is -0.303 e. The van der Waals surface area contributed by atoms with Gasteiger partial charge in [-0.2, -0.15) is 0 Å². The van der Waals surface area contributed by atoms with Crippen LogP contribution >= 0.6 is 15.9 Å². The van der Waals surface area contributed by atoms with Gasteiger partial charge in [-0.25, -0.2) is 0 Å². The SMILES string of the molecule is CCC1CCN(CCCBr)C1. The lowest BCUT2D eigenvalue weighted by Crippen LogP contribution is -2.21. The van der Waals surface area contributed by atoms with Crippen LogP contribution in [-0.2, 0) is 0 Å². The Bertz CT molecular complexity index is 106. The molecular weight excluding hydrogens is 202 g/mol. The van der Waals surface area contributed by atoms with E-state index in [1.54, 1.807) is 0 Å². The van der Waals surface area contributed by atoms with E-state index in [4.69, 9.17) is 0 Å². The smallest absolute Gasteiger partial charge is 0.00434 e. The lowest BCUT2D eigenvalue weighted by Gasteiger charge is -2.14. The van der Waals surface area contributed by atoms with E-state index in [1.165, 1.54) is 38.9 Å². The summed E-state index contributed by atoms with van der Waals surface area (Å²) >= 11 is 3.46. The standard InChI is InChI=1S/C9H18BrN/c1-2-9-4-7-11(8-9)6-3-5-10/h9H,2-8H2,1H3. The van der Waals surface area contributed by atoms with Gasteiger partial charge in [-0.3, -0.25) is 0 Å². The van der Waals surface area contributed by atoms with Crippen LogP contribution in [0.2, 0.25) is 0 Å². The van der Waals surface area contributed by atoms with Crippen LogP contribution < -0.4 is 0 Å². The number of hydrogen-bond donors (Lipinski definition) is 0. The first-order chi connectivity index (χ1) is 5.36. The maximum Gasteiger partial charge on any atom is 0.00434 e. The van der Waals surface area contributed by atoms with E-state index < -0.39 is 0 Å². The monoisotopic (exact) mass is 219 g/mol. The Balaban J connectivity index is 2.09. The summed E-state index contributed by atoms with van der Waals surface area (Å²) in [6.45, 7) is 6.29. The summed E-state index contributed by atoms with van der Waals surface area (Å²) in [6, 6.07) is 0. The molecule has 0 amide bonds. The predicted molar refractivity (Wildman–Crippen MR) is 53.2 cm³/mol. The molecule has 0 aromatic heterocycles. The second-order valence-electron chi connectivity index (χ2n) is 3.41. The summed E-state index contributed by atoms with van der Waals surface area (Å²) in [5.74, 6) is 0.991. The van der Waals surface area contributed by atoms with Crippen molar-refractivity contribution in [1.29, 1.82) is 0 Å². The molecule has 1 aliphatic heterocycles. The molecule has 0 radical (unpaired) electrons. The zero-order valence-electron chi connectivity index (χ0n) is 7.35. The van der Waals surface area contributed by atoms with Gasteiger partial charge in [0.05, 0.1) is 0 Å². The largest absolute Gasteiger partial charge is 0.303 e. The van der Waals surface area contributed by atoms with Gasteiger partial charge >= 0.3 is 0 Å². The van der Waals surface area contributed by atoms with Gasteiger partial charge in [-0.15, -0.1) is 0 Å². The topological polar surface area (TPSA) is 3.24 Å². The zero-order valence-corrected chi connectivity index (χ0v) is 8.94. The molecule has 0 aliphatic carbocycles. The lowest BCUT2D eigenvalue weighted by atomic mass is 10.1. The Kier molecular flexibility index (Phi) is 4.46. The fraction of sp³-hybridized carbons (Fsp3) is 1.00. The fourth-order valence-corrected chi connectivity index (χ4v) is 1.98. The molecule has 0 N–H and O–H groups in total. The van der Waals surface area contributed by atoms with Gasteiger partial charge < -0.3 is 4.90 Å². The summed E-state index contributed by atoms with van der Waals surface area (Å²) in [4.78, 5) is 2.59. The van der Waals surface area contributed by atoms with E-state index in [-0.39, 0.29) is 0 Å². The van der Waals surface area contributed by atoms with Crippen LogP contribution in [0, 0.1) is 5.92 Å². The maximum absolute atomic E-state index is 3.46. The molecule has 2 heteroatoms. The zero-order chi connectivity index (χ0) is 8.10. The number of hydrogen-bond acceptors (Lipinski definition) is 1. The van der Waals surface area contributed by atoms with E-state index in [0.717, 1.165) is 11.2 Å². The number of nitrogens with zero attached hydrogens (tertiary/aromatic N) is 1. The van der Waals surface area contributed by atoms with Crippen LogP contribution in [0.25, 0.3) is 0 Å². The Labute approximate surface area is 78.3 Å². The van der Waals surface area contributed by atoms with Crippen molar-refractivity contribution in [1.82, 2.24) is 4.90 Å². The predicted octanol–water partition coefficient (Wildman–Crippen LogP) is 2.50. The minimum atomic E-state index is 0.991. The van der Waals surface area contributed by atoms with Crippen LogP contribution in [0.3, 0.4) is 0 Å². The summed E-state index contributed by atoms with van der Waals surface area (Å²) in [5.41, 5.74) is 0. The third kappa shape index (κ3) is 3.12. The summed E-state index contributed by atoms with van der Waals surface area (Å²) < 4.78 is 0. The first-order valence-corrected chi connectivity index (χ1v) is 5.77. The van der Waals surface area contributed by atoms with Crippen LogP contribution in [0.15, 0.2) is 0 Å². The molecule has 0 aromatic rings. The van der Waals surface area contributed by atoms with Gasteiger partial charge in [0, 0.05) is 11.9 Å². The first kappa shape index (κ1) is 9.53. The Morgan fingerprint density at radius 3 is 2.91 bits per heavy atom. The van der Waals surface area contributed by atoms with Gasteiger partial charge in [-0.1, -0.05) is 29.3 Å². The van der Waals surface area contributed by atoms with Gasteiger partial charge in [0.1, 0.15) is 0 Å². The molecule has 0 aromatic carbocycles. The summed E-state index contributed by atoms with van der Waals surface area (Å²) in [7, 11) is 0. The van der Waals surface area contributed by atoms with Crippen LogP contribution in [0.4, 0.5) is 0 Å². The number of rotatable bonds is 4. The molecule has 66 valence electrons. The van der Waals surface area contributed by atoms with Gasteiger partial charge in [0.15, 0.2) is 0 Å². The van der Waals surface area contributed by atoms with Crippen molar-refractivity contribution >= 4 is 15.9 Å². The van der Waals surface area contributed by atoms with Crippen LogP contribution in [0.1, 0.15) is 26.2 Å². The molecule has 1 atom stereocenters. The lowest BCUT2D eigenvalue weighted by molar-refractivity contribution is 0.324. The van der Waals surface area contributed by atoms with Crippen molar-refractivity contribution in [2.75, 3.05) is 25.0 Å². The van der Waals surface area contributed by atoms with Crippen molar-refractivity contribution in [3.05, 3.63) is 0 Å². The van der Waals surface area contributed by atoms with Crippen LogP contribution in [0.5, 0.6) is 0 Å². The highest BCUT2D eigenvalue weighted by atomic mass is 79.9. The van der Waals surface area contributed by atoms with E-state index in [2.05, 4.69) is 27.8 Å². The van der Waals surface area contributed by atoms with Crippen molar-refractivity contribution in [2.45, 2.75) is 26.2 Å². The van der Waals surface area contributed by atoms with Crippen molar-refractivity contribution in [2.24, 2.45) is 5.92 Å². The number of alkyl halides is 1. The summed E-state index contributed by atoms with van der Waals surface area (Å²) in [6.07, 6.45) is 4.10.